The maximum Gasteiger partial charge on any atom is 0.217 e. The Morgan fingerprint density at radius 3 is 2.39 bits per heavy atom. The van der Waals surface area contributed by atoms with Gasteiger partial charge in [-0.2, -0.15) is 0 Å². The molecule has 0 fully saturated rings. The highest BCUT2D eigenvalue weighted by Gasteiger charge is 2.19. The molecule has 0 aliphatic rings. The second-order valence-electron chi connectivity index (χ2n) is 4.56. The van der Waals surface area contributed by atoms with Crippen LogP contribution in [-0.2, 0) is 0 Å². The first-order valence-corrected chi connectivity index (χ1v) is 5.82. The molecule has 0 aliphatic carbocycles. The molecular weight excluding hydrogens is 228 g/mol. The van der Waals surface area contributed by atoms with Gasteiger partial charge < -0.3 is 5.73 Å². The van der Waals surface area contributed by atoms with Crippen molar-refractivity contribution in [3.63, 3.8) is 0 Å². The van der Waals surface area contributed by atoms with Crippen molar-refractivity contribution in [1.29, 1.82) is 0 Å². The van der Waals surface area contributed by atoms with Crippen molar-refractivity contribution in [2.75, 3.05) is 5.73 Å². The number of nitrogen functional groups attached to an aromatic ring is 1. The maximum atomic E-state index is 12.2. The fourth-order valence-corrected chi connectivity index (χ4v) is 1.69. The summed E-state index contributed by atoms with van der Waals surface area (Å²) in [4.78, 5) is 12.2. The molecule has 0 saturated carbocycles. The highest BCUT2D eigenvalue weighted by Crippen LogP contribution is 2.17. The second-order valence-corrected chi connectivity index (χ2v) is 4.56. The molecule has 0 amide bonds. The van der Waals surface area contributed by atoms with Crippen LogP contribution in [0.25, 0.3) is 0 Å². The lowest BCUT2D eigenvalue weighted by molar-refractivity contribution is 0.103. The summed E-state index contributed by atoms with van der Waals surface area (Å²) in [6.45, 7) is 5.84. The number of nitrogens with two attached hydrogens (primary N) is 1. The van der Waals surface area contributed by atoms with E-state index in [0.29, 0.717) is 11.4 Å². The third kappa shape index (κ3) is 2.11. The van der Waals surface area contributed by atoms with Crippen LogP contribution in [0.15, 0.2) is 24.3 Å². The Hall–Kier alpha value is -2.17. The van der Waals surface area contributed by atoms with Crippen LogP contribution >= 0.6 is 0 Å². The summed E-state index contributed by atoms with van der Waals surface area (Å²) in [5, 5.41) is 7.77. The molecule has 5 nitrogen and oxygen atoms in total. The molecular formula is C13H16N4O. The highest BCUT2D eigenvalue weighted by molar-refractivity contribution is 6.10. The van der Waals surface area contributed by atoms with Crippen LogP contribution in [-0.4, -0.2) is 20.8 Å². The molecule has 2 N–H and O–H groups in total. The lowest BCUT2D eigenvalue weighted by atomic mass is 10.1. The molecule has 0 spiro atoms. The van der Waals surface area contributed by atoms with E-state index in [4.69, 9.17) is 5.73 Å². The standard InChI is InChI=1S/C13H16N4O/c1-8(2)17-13(14)11(15-16-17)12(18)10-6-4-9(3)5-7-10/h4-8H,14H2,1-3H3. The Morgan fingerprint density at radius 1 is 1.28 bits per heavy atom. The zero-order chi connectivity index (χ0) is 13.3. The Labute approximate surface area is 106 Å². The minimum atomic E-state index is -0.195. The Bertz CT molecular complexity index is 569. The van der Waals surface area contributed by atoms with E-state index in [9.17, 15) is 4.79 Å². The molecule has 1 heterocycles. The monoisotopic (exact) mass is 244 g/mol. The third-order valence-corrected chi connectivity index (χ3v) is 2.75. The minimum Gasteiger partial charge on any atom is -0.382 e. The van der Waals surface area contributed by atoms with Gasteiger partial charge in [-0.05, 0) is 20.8 Å². The van der Waals surface area contributed by atoms with Crippen molar-refractivity contribution in [2.45, 2.75) is 26.8 Å². The predicted octanol–water partition coefficient (Wildman–Crippen LogP) is 1.98. The number of hydrogen-bond acceptors (Lipinski definition) is 4. The smallest absolute Gasteiger partial charge is 0.217 e. The van der Waals surface area contributed by atoms with Crippen molar-refractivity contribution in [3.8, 4) is 0 Å². The van der Waals surface area contributed by atoms with E-state index < -0.39 is 0 Å². The molecule has 5 heteroatoms. The molecule has 0 atom stereocenters. The number of rotatable bonds is 3. The molecule has 1 aromatic heterocycles. The number of anilines is 1. The van der Waals surface area contributed by atoms with Crippen LogP contribution in [0.4, 0.5) is 5.82 Å². The van der Waals surface area contributed by atoms with E-state index >= 15 is 0 Å². The molecule has 0 unspecified atom stereocenters. The van der Waals surface area contributed by atoms with Crippen LogP contribution < -0.4 is 5.73 Å². The van der Waals surface area contributed by atoms with E-state index in [1.165, 1.54) is 0 Å². The fourth-order valence-electron chi connectivity index (χ4n) is 1.69. The van der Waals surface area contributed by atoms with Crippen molar-refractivity contribution in [2.24, 2.45) is 0 Å². The van der Waals surface area contributed by atoms with Gasteiger partial charge >= 0.3 is 0 Å². The van der Waals surface area contributed by atoms with Gasteiger partial charge in [0.25, 0.3) is 0 Å². The van der Waals surface area contributed by atoms with Crippen LogP contribution in [0.5, 0.6) is 0 Å². The van der Waals surface area contributed by atoms with E-state index in [1.807, 2.05) is 32.9 Å². The number of benzene rings is 1. The topological polar surface area (TPSA) is 73.8 Å². The second kappa shape index (κ2) is 4.60. The lowest BCUT2D eigenvalue weighted by Crippen LogP contribution is -2.10. The van der Waals surface area contributed by atoms with Crippen LogP contribution in [0.1, 0.15) is 41.5 Å². The van der Waals surface area contributed by atoms with E-state index in [0.717, 1.165) is 5.56 Å². The summed E-state index contributed by atoms with van der Waals surface area (Å²) in [7, 11) is 0. The zero-order valence-electron chi connectivity index (χ0n) is 10.7. The van der Waals surface area contributed by atoms with Gasteiger partial charge in [0.2, 0.25) is 5.78 Å². The molecule has 94 valence electrons. The van der Waals surface area contributed by atoms with E-state index in [-0.39, 0.29) is 17.5 Å². The van der Waals surface area contributed by atoms with Gasteiger partial charge in [-0.15, -0.1) is 5.10 Å². The normalized spacial score (nSPS) is 10.9. The zero-order valence-corrected chi connectivity index (χ0v) is 10.7. The van der Waals surface area contributed by atoms with Gasteiger partial charge in [0.15, 0.2) is 11.5 Å². The number of carbonyl (C=O) groups is 1. The van der Waals surface area contributed by atoms with Gasteiger partial charge in [-0.25, -0.2) is 4.68 Å². The Kier molecular flexibility index (Phi) is 3.14. The van der Waals surface area contributed by atoms with Gasteiger partial charge in [0.1, 0.15) is 0 Å². The largest absolute Gasteiger partial charge is 0.382 e. The lowest BCUT2D eigenvalue weighted by Gasteiger charge is -2.06. The quantitative estimate of drug-likeness (QED) is 0.838. The SMILES string of the molecule is Cc1ccc(C(=O)c2nnn(C(C)C)c2N)cc1. The van der Waals surface area contributed by atoms with Gasteiger partial charge in [0, 0.05) is 5.56 Å². The van der Waals surface area contributed by atoms with Crippen LogP contribution in [0.2, 0.25) is 0 Å². The minimum absolute atomic E-state index is 0.0806. The van der Waals surface area contributed by atoms with Gasteiger partial charge in [0.05, 0.1) is 6.04 Å². The van der Waals surface area contributed by atoms with Crippen molar-refractivity contribution in [1.82, 2.24) is 15.0 Å². The van der Waals surface area contributed by atoms with E-state index in [1.54, 1.807) is 16.8 Å². The predicted molar refractivity (Wildman–Crippen MR) is 69.4 cm³/mol. The summed E-state index contributed by atoms with van der Waals surface area (Å²) in [6, 6.07) is 7.39. The number of carbonyl (C=O) groups excluding carboxylic acids is 1. The summed E-state index contributed by atoms with van der Waals surface area (Å²) < 4.78 is 1.54. The summed E-state index contributed by atoms with van der Waals surface area (Å²) in [5.41, 5.74) is 7.78. The molecule has 0 radical (unpaired) electrons. The van der Waals surface area contributed by atoms with Crippen LogP contribution in [0.3, 0.4) is 0 Å². The summed E-state index contributed by atoms with van der Waals surface area (Å²) in [5.74, 6) is 0.120. The average Bonchev–Trinajstić information content (AvgIpc) is 2.71. The summed E-state index contributed by atoms with van der Waals surface area (Å²) >= 11 is 0. The Balaban J connectivity index is 2.37. The fraction of sp³-hybridized carbons (Fsp3) is 0.308. The van der Waals surface area contributed by atoms with Crippen molar-refractivity contribution >= 4 is 11.6 Å². The third-order valence-electron chi connectivity index (χ3n) is 2.75. The maximum absolute atomic E-state index is 12.2. The highest BCUT2D eigenvalue weighted by atomic mass is 16.1. The van der Waals surface area contributed by atoms with Crippen LogP contribution in [0, 0.1) is 6.92 Å². The van der Waals surface area contributed by atoms with Crippen molar-refractivity contribution in [3.05, 3.63) is 41.1 Å². The molecule has 1 aromatic carbocycles. The molecule has 0 aliphatic heterocycles. The number of nitrogens with zero attached hydrogens (tertiary/aromatic N) is 3. The number of ketones is 1. The summed E-state index contributed by atoms with van der Waals surface area (Å²) in [6.07, 6.45) is 0. The molecule has 2 rings (SSSR count). The number of hydrogen-bond donors (Lipinski definition) is 1. The average molecular weight is 244 g/mol. The Morgan fingerprint density at radius 2 is 1.89 bits per heavy atom. The number of aryl methyl sites for hydroxylation is 1. The first-order valence-electron chi connectivity index (χ1n) is 5.82. The first-order chi connectivity index (χ1) is 8.50. The molecule has 18 heavy (non-hydrogen) atoms. The van der Waals surface area contributed by atoms with E-state index in [2.05, 4.69) is 10.3 Å². The number of aromatic nitrogens is 3. The molecule has 2 aromatic rings. The first kappa shape index (κ1) is 12.3. The van der Waals surface area contributed by atoms with Gasteiger partial charge in [-0.1, -0.05) is 35.0 Å². The van der Waals surface area contributed by atoms with Gasteiger partial charge in [-0.3, -0.25) is 4.79 Å². The van der Waals surface area contributed by atoms with Crippen molar-refractivity contribution < 1.29 is 4.79 Å². The molecule has 0 saturated heterocycles. The molecule has 0 bridgehead atoms.